The van der Waals surface area contributed by atoms with Gasteiger partial charge in [0.15, 0.2) is 0 Å². The van der Waals surface area contributed by atoms with Crippen LogP contribution in [0.4, 0.5) is 0 Å². The fourth-order valence-electron chi connectivity index (χ4n) is 0.619. The summed E-state index contributed by atoms with van der Waals surface area (Å²) in [5.74, 6) is -0.978. The lowest BCUT2D eigenvalue weighted by molar-refractivity contribution is -0.160. The topological polar surface area (TPSA) is 52.6 Å². The van der Waals surface area contributed by atoms with E-state index in [-0.39, 0.29) is 13.0 Å². The fraction of sp³-hybridized carbons (Fsp3) is 0.750. The maximum atomic E-state index is 10.8. The smallest absolute Gasteiger partial charge is 0.315 e. The predicted molar refractivity (Wildman–Crippen MR) is 42.5 cm³/mol. The Morgan fingerprint density at radius 2 is 1.75 bits per heavy atom. The van der Waals surface area contributed by atoms with Gasteiger partial charge in [0, 0.05) is 13.5 Å². The summed E-state index contributed by atoms with van der Waals surface area (Å²) < 4.78 is 9.08. The molecule has 0 heterocycles. The molecule has 0 rings (SSSR count). The van der Waals surface area contributed by atoms with Crippen molar-refractivity contribution >= 4 is 11.9 Å². The number of hydrogen-bond acceptors (Lipinski definition) is 4. The molecule has 0 N–H and O–H groups in total. The Morgan fingerprint density at radius 1 is 1.17 bits per heavy atom. The first-order valence-electron chi connectivity index (χ1n) is 3.93. The van der Waals surface area contributed by atoms with Gasteiger partial charge in [0.05, 0.1) is 13.0 Å². The molecule has 0 aromatic heterocycles. The Hall–Kier alpha value is -0.900. The second kappa shape index (κ2) is 6.79. The molecule has 4 heteroatoms. The summed E-state index contributed by atoms with van der Waals surface area (Å²) in [5, 5.41) is 0. The zero-order valence-electron chi connectivity index (χ0n) is 7.46. The summed E-state index contributed by atoms with van der Waals surface area (Å²) in [6.07, 6.45) is 1.11. The lowest BCUT2D eigenvalue weighted by atomic mass is 10.3. The van der Waals surface area contributed by atoms with Crippen LogP contribution in [0.25, 0.3) is 0 Å². The molecule has 0 aromatic carbocycles. The van der Waals surface area contributed by atoms with Crippen molar-refractivity contribution in [2.24, 2.45) is 0 Å². The average Bonchev–Trinajstić information content (AvgIpc) is 2.01. The van der Waals surface area contributed by atoms with E-state index in [0.717, 1.165) is 0 Å². The van der Waals surface area contributed by atoms with Crippen molar-refractivity contribution < 1.29 is 19.1 Å². The van der Waals surface area contributed by atoms with E-state index >= 15 is 0 Å². The van der Waals surface area contributed by atoms with Crippen LogP contribution in [-0.4, -0.2) is 25.7 Å². The zero-order valence-corrected chi connectivity index (χ0v) is 7.46. The molecule has 0 radical (unpaired) electrons. The van der Waals surface area contributed by atoms with Crippen molar-refractivity contribution in [1.82, 2.24) is 0 Å². The van der Waals surface area contributed by atoms with Crippen LogP contribution in [0.15, 0.2) is 0 Å². The van der Waals surface area contributed by atoms with E-state index in [1.54, 1.807) is 0 Å². The van der Waals surface area contributed by atoms with Crippen molar-refractivity contribution in [1.29, 1.82) is 0 Å². The van der Waals surface area contributed by atoms with Gasteiger partial charge in [-0.1, -0.05) is 6.92 Å². The molecule has 0 atom stereocenters. The van der Waals surface area contributed by atoms with Crippen LogP contribution >= 0.6 is 0 Å². The van der Waals surface area contributed by atoms with Gasteiger partial charge in [-0.05, 0) is 6.42 Å². The third-order valence-corrected chi connectivity index (χ3v) is 1.19. The van der Waals surface area contributed by atoms with E-state index in [4.69, 9.17) is 0 Å². The molecule has 0 unspecified atom stereocenters. The lowest BCUT2D eigenvalue weighted by Crippen LogP contribution is -2.13. The van der Waals surface area contributed by atoms with Crippen molar-refractivity contribution in [3.05, 3.63) is 0 Å². The molecule has 0 bridgehead atoms. The van der Waals surface area contributed by atoms with Gasteiger partial charge in [0.2, 0.25) is 0 Å². The first-order valence-corrected chi connectivity index (χ1v) is 3.93. The molecule has 0 saturated heterocycles. The molecule has 4 nitrogen and oxygen atoms in total. The zero-order chi connectivity index (χ0) is 9.40. The van der Waals surface area contributed by atoms with Crippen molar-refractivity contribution in [3.8, 4) is 0 Å². The predicted octanol–water partition coefficient (Wildman–Crippen LogP) is 0.893. The minimum Gasteiger partial charge on any atom is -0.393 e. The summed E-state index contributed by atoms with van der Waals surface area (Å²) in [6, 6.07) is 0. The largest absolute Gasteiger partial charge is 0.393 e. The van der Waals surface area contributed by atoms with Gasteiger partial charge in [-0.25, -0.2) is 0 Å². The number of carbonyl (C=O) groups is 2. The molecule has 0 fully saturated rings. The maximum absolute atomic E-state index is 10.8. The van der Waals surface area contributed by atoms with Crippen LogP contribution in [0.1, 0.15) is 26.2 Å². The summed E-state index contributed by atoms with van der Waals surface area (Å²) in [5.41, 5.74) is 0. The number of hydrogen-bond donors (Lipinski definition) is 0. The average molecular weight is 174 g/mol. The van der Waals surface area contributed by atoms with E-state index in [9.17, 15) is 9.59 Å². The Balaban J connectivity index is 3.47. The third kappa shape index (κ3) is 5.85. The summed E-state index contributed by atoms with van der Waals surface area (Å²) in [6.45, 7) is 2.14. The highest BCUT2D eigenvalue weighted by Crippen LogP contribution is 1.94. The standard InChI is InChI=1S/C8H14O4/c1-3-4-7(9)12-8(10)5-6-11-2/h3-6H2,1-2H3. The van der Waals surface area contributed by atoms with Crippen LogP contribution in [-0.2, 0) is 19.1 Å². The minimum absolute atomic E-state index is 0.131. The molecule has 0 aliphatic heterocycles. The van der Waals surface area contributed by atoms with E-state index in [1.807, 2.05) is 6.92 Å². The van der Waals surface area contributed by atoms with Crippen molar-refractivity contribution in [2.75, 3.05) is 13.7 Å². The van der Waals surface area contributed by atoms with Crippen LogP contribution in [0.5, 0.6) is 0 Å². The van der Waals surface area contributed by atoms with E-state index < -0.39 is 11.9 Å². The van der Waals surface area contributed by atoms with Crippen LogP contribution in [0.3, 0.4) is 0 Å². The first-order chi connectivity index (χ1) is 5.70. The Labute approximate surface area is 71.8 Å². The molecule has 0 aromatic rings. The highest BCUT2D eigenvalue weighted by Gasteiger charge is 2.08. The molecule has 0 amide bonds. The third-order valence-electron chi connectivity index (χ3n) is 1.19. The Morgan fingerprint density at radius 3 is 2.25 bits per heavy atom. The van der Waals surface area contributed by atoms with E-state index in [0.29, 0.717) is 12.8 Å². The van der Waals surface area contributed by atoms with Crippen LogP contribution in [0, 0.1) is 0 Å². The molecule has 0 aliphatic rings. The normalized spacial score (nSPS) is 9.50. The highest BCUT2D eigenvalue weighted by atomic mass is 16.6. The molecular weight excluding hydrogens is 160 g/mol. The minimum atomic E-state index is -0.518. The number of carbonyl (C=O) groups excluding carboxylic acids is 2. The second-order valence-electron chi connectivity index (χ2n) is 2.34. The molecule has 0 spiro atoms. The van der Waals surface area contributed by atoms with Gasteiger partial charge in [-0.3, -0.25) is 9.59 Å². The SMILES string of the molecule is CCCC(=O)OC(=O)CCOC. The van der Waals surface area contributed by atoms with Gasteiger partial charge in [-0.2, -0.15) is 0 Å². The van der Waals surface area contributed by atoms with E-state index in [2.05, 4.69) is 9.47 Å². The van der Waals surface area contributed by atoms with Gasteiger partial charge >= 0.3 is 11.9 Å². The number of esters is 2. The van der Waals surface area contributed by atoms with Crippen molar-refractivity contribution in [2.45, 2.75) is 26.2 Å². The highest BCUT2D eigenvalue weighted by molar-refractivity contribution is 5.85. The van der Waals surface area contributed by atoms with Crippen LogP contribution in [0.2, 0.25) is 0 Å². The molecular formula is C8H14O4. The van der Waals surface area contributed by atoms with Gasteiger partial charge in [0.25, 0.3) is 0 Å². The maximum Gasteiger partial charge on any atom is 0.315 e. The quantitative estimate of drug-likeness (QED) is 0.459. The molecule has 0 saturated carbocycles. The molecule has 12 heavy (non-hydrogen) atoms. The summed E-state index contributed by atoms with van der Waals surface area (Å²) >= 11 is 0. The second-order valence-corrected chi connectivity index (χ2v) is 2.34. The summed E-state index contributed by atoms with van der Waals surface area (Å²) in [4.78, 5) is 21.5. The monoisotopic (exact) mass is 174 g/mol. The van der Waals surface area contributed by atoms with Crippen molar-refractivity contribution in [3.63, 3.8) is 0 Å². The van der Waals surface area contributed by atoms with Gasteiger partial charge in [0.1, 0.15) is 0 Å². The van der Waals surface area contributed by atoms with E-state index in [1.165, 1.54) is 7.11 Å². The number of ether oxygens (including phenoxy) is 2. The Kier molecular flexibility index (Phi) is 6.28. The molecule has 70 valence electrons. The number of rotatable bonds is 5. The lowest BCUT2D eigenvalue weighted by Gasteiger charge is -2.00. The Bertz CT molecular complexity index is 153. The van der Waals surface area contributed by atoms with Gasteiger partial charge < -0.3 is 9.47 Å². The van der Waals surface area contributed by atoms with Gasteiger partial charge in [-0.15, -0.1) is 0 Å². The number of methoxy groups -OCH3 is 1. The molecule has 0 aliphatic carbocycles. The first kappa shape index (κ1) is 11.1. The van der Waals surface area contributed by atoms with Crippen LogP contribution < -0.4 is 0 Å². The summed E-state index contributed by atoms with van der Waals surface area (Å²) in [7, 11) is 1.49. The fourth-order valence-corrected chi connectivity index (χ4v) is 0.619.